The Hall–Kier alpha value is -1.87. The molecule has 1 rings (SSSR count). The number of hydrogen-bond donors (Lipinski definition) is 1. The van der Waals surface area contributed by atoms with Crippen molar-refractivity contribution in [1.82, 2.24) is 10.3 Å². The van der Waals surface area contributed by atoms with Crippen molar-refractivity contribution < 1.29 is 4.79 Å². The van der Waals surface area contributed by atoms with Gasteiger partial charge in [-0.25, -0.2) is 0 Å². The Morgan fingerprint density at radius 3 is 3.00 bits per heavy atom. The fraction of sp³-hybridized carbons (Fsp3) is 0.294. The van der Waals surface area contributed by atoms with E-state index < -0.39 is 0 Å². The predicted octanol–water partition coefficient (Wildman–Crippen LogP) is 4.02. The molecular formula is C17H21ClN2O. The number of nitrogens with one attached hydrogen (secondary N) is 1. The number of carbonyl (C=O) groups excluding carboxylic acids is 1. The molecular weight excluding hydrogens is 284 g/mol. The molecule has 112 valence electrons. The largest absolute Gasteiger partial charge is 0.352 e. The predicted molar refractivity (Wildman–Crippen MR) is 88.5 cm³/mol. The Kier molecular flexibility index (Phi) is 8.14. The van der Waals surface area contributed by atoms with Crippen molar-refractivity contribution in [2.45, 2.75) is 26.2 Å². The van der Waals surface area contributed by atoms with Crippen LogP contribution in [0.3, 0.4) is 0 Å². The van der Waals surface area contributed by atoms with Gasteiger partial charge < -0.3 is 5.32 Å². The molecule has 0 aliphatic heterocycles. The van der Waals surface area contributed by atoms with E-state index in [2.05, 4.69) is 16.9 Å². The lowest BCUT2D eigenvalue weighted by atomic mass is 10.1. The molecule has 0 saturated carbocycles. The molecule has 3 nitrogen and oxygen atoms in total. The summed E-state index contributed by atoms with van der Waals surface area (Å²) in [6.07, 6.45) is 9.78. The van der Waals surface area contributed by atoms with Crippen LogP contribution in [0.25, 0.3) is 0 Å². The number of aromatic nitrogens is 1. The van der Waals surface area contributed by atoms with Crippen molar-refractivity contribution in [1.29, 1.82) is 0 Å². The summed E-state index contributed by atoms with van der Waals surface area (Å²) in [7, 11) is 0. The topological polar surface area (TPSA) is 42.0 Å². The van der Waals surface area contributed by atoms with Gasteiger partial charge in [0.25, 0.3) is 5.91 Å². The summed E-state index contributed by atoms with van der Waals surface area (Å²) >= 11 is 5.42. The Morgan fingerprint density at radius 2 is 2.29 bits per heavy atom. The second-order valence-electron chi connectivity index (χ2n) is 4.78. The van der Waals surface area contributed by atoms with Crippen molar-refractivity contribution in [2.24, 2.45) is 0 Å². The van der Waals surface area contributed by atoms with E-state index in [-0.39, 0.29) is 5.91 Å². The minimum Gasteiger partial charge on any atom is -0.352 e. The van der Waals surface area contributed by atoms with Crippen LogP contribution in [0.1, 0.15) is 35.8 Å². The molecule has 0 aliphatic carbocycles. The molecule has 1 aromatic heterocycles. The number of rotatable bonds is 8. The lowest BCUT2D eigenvalue weighted by molar-refractivity contribution is 0.0954. The monoisotopic (exact) mass is 304 g/mol. The molecule has 0 aromatic carbocycles. The van der Waals surface area contributed by atoms with Gasteiger partial charge in [-0.3, -0.25) is 9.78 Å². The second kappa shape index (κ2) is 9.94. The average Bonchev–Trinajstić information content (AvgIpc) is 2.47. The van der Waals surface area contributed by atoms with Gasteiger partial charge in [0.05, 0.1) is 0 Å². The first-order valence-corrected chi connectivity index (χ1v) is 7.36. The number of nitrogens with zero attached hydrogens (tertiary/aromatic N) is 1. The lowest BCUT2D eigenvalue weighted by Crippen LogP contribution is -2.24. The van der Waals surface area contributed by atoms with Crippen LogP contribution in [0.5, 0.6) is 0 Å². The third-order valence-electron chi connectivity index (χ3n) is 2.80. The zero-order valence-electron chi connectivity index (χ0n) is 12.3. The molecule has 4 heteroatoms. The molecule has 0 bridgehead atoms. The lowest BCUT2D eigenvalue weighted by Gasteiger charge is -2.06. The van der Waals surface area contributed by atoms with Crippen LogP contribution >= 0.6 is 11.6 Å². The molecule has 1 amide bonds. The number of carbonyl (C=O) groups is 1. The summed E-state index contributed by atoms with van der Waals surface area (Å²) in [5.74, 6) is -0.0690. The van der Waals surface area contributed by atoms with E-state index in [1.165, 1.54) is 5.54 Å². The summed E-state index contributed by atoms with van der Waals surface area (Å²) in [5.41, 5.74) is 4.07. The third kappa shape index (κ3) is 7.47. The number of halogens is 1. The maximum Gasteiger partial charge on any atom is 0.251 e. The van der Waals surface area contributed by atoms with Crippen LogP contribution in [-0.4, -0.2) is 17.4 Å². The van der Waals surface area contributed by atoms with Crippen molar-refractivity contribution in [2.75, 3.05) is 6.54 Å². The molecule has 0 saturated heterocycles. The van der Waals surface area contributed by atoms with Crippen LogP contribution < -0.4 is 5.32 Å². The zero-order chi connectivity index (χ0) is 15.5. The highest BCUT2D eigenvalue weighted by atomic mass is 35.5. The smallest absolute Gasteiger partial charge is 0.251 e. The Morgan fingerprint density at radius 1 is 1.48 bits per heavy atom. The molecule has 1 heterocycles. The van der Waals surface area contributed by atoms with E-state index in [0.717, 1.165) is 30.5 Å². The molecule has 1 N–H and O–H groups in total. The minimum atomic E-state index is -0.0690. The standard InChI is InChI=1S/C17H21ClN2O/c1-14(2)8-11-20-17(21)15-9-12-19-16(13-15)7-5-3-4-6-10-18/h3-4,6,9-10,12-13H,1,5,7-8,11H2,2H3,(H,20,21)/b4-3+,10-6+. The van der Waals surface area contributed by atoms with Crippen LogP contribution in [0.2, 0.25) is 0 Å². The summed E-state index contributed by atoms with van der Waals surface area (Å²) < 4.78 is 0. The maximum absolute atomic E-state index is 12.0. The molecule has 0 unspecified atom stereocenters. The normalized spacial score (nSPS) is 11.1. The van der Waals surface area contributed by atoms with E-state index in [4.69, 9.17) is 11.6 Å². The highest BCUT2D eigenvalue weighted by molar-refractivity contribution is 6.25. The van der Waals surface area contributed by atoms with Gasteiger partial charge >= 0.3 is 0 Å². The third-order valence-corrected chi connectivity index (χ3v) is 2.95. The first-order valence-electron chi connectivity index (χ1n) is 6.93. The number of amides is 1. The van der Waals surface area contributed by atoms with Gasteiger partial charge in [-0.1, -0.05) is 35.4 Å². The van der Waals surface area contributed by atoms with Gasteiger partial charge in [0.1, 0.15) is 0 Å². The number of pyridine rings is 1. The number of hydrogen-bond acceptors (Lipinski definition) is 2. The van der Waals surface area contributed by atoms with Gasteiger partial charge in [-0.05, 0) is 38.3 Å². The summed E-state index contributed by atoms with van der Waals surface area (Å²) in [4.78, 5) is 16.3. The maximum atomic E-state index is 12.0. The quantitative estimate of drug-likeness (QED) is 0.582. The minimum absolute atomic E-state index is 0.0690. The molecule has 0 atom stereocenters. The molecule has 0 radical (unpaired) electrons. The van der Waals surface area contributed by atoms with Gasteiger partial charge in [0, 0.05) is 29.5 Å². The van der Waals surface area contributed by atoms with E-state index in [1.807, 2.05) is 25.1 Å². The highest BCUT2D eigenvalue weighted by Gasteiger charge is 2.06. The summed E-state index contributed by atoms with van der Waals surface area (Å²) in [6, 6.07) is 3.56. The van der Waals surface area contributed by atoms with Crippen molar-refractivity contribution in [3.05, 3.63) is 65.5 Å². The summed E-state index contributed by atoms with van der Waals surface area (Å²) in [6.45, 7) is 6.37. The SMILES string of the molecule is C=C(C)CCNC(=O)c1ccnc(CC/C=C/C=C/Cl)c1. The fourth-order valence-corrected chi connectivity index (χ4v) is 1.78. The van der Waals surface area contributed by atoms with Gasteiger partial charge in [0.2, 0.25) is 0 Å². The second-order valence-corrected chi connectivity index (χ2v) is 5.04. The average molecular weight is 305 g/mol. The summed E-state index contributed by atoms with van der Waals surface area (Å²) in [5, 5.41) is 2.88. The van der Waals surface area contributed by atoms with Crippen LogP contribution in [0, 0.1) is 0 Å². The Balaban J connectivity index is 2.51. The number of aryl methyl sites for hydroxylation is 1. The van der Waals surface area contributed by atoms with Crippen LogP contribution in [0.15, 0.2) is 54.2 Å². The van der Waals surface area contributed by atoms with Crippen molar-refractivity contribution >= 4 is 17.5 Å². The van der Waals surface area contributed by atoms with Crippen LogP contribution in [-0.2, 0) is 6.42 Å². The van der Waals surface area contributed by atoms with Gasteiger partial charge in [0.15, 0.2) is 0 Å². The molecule has 21 heavy (non-hydrogen) atoms. The van der Waals surface area contributed by atoms with E-state index >= 15 is 0 Å². The number of allylic oxidation sites excluding steroid dienone is 3. The first-order chi connectivity index (χ1) is 10.1. The van der Waals surface area contributed by atoms with Crippen molar-refractivity contribution in [3.63, 3.8) is 0 Å². The molecule has 0 spiro atoms. The first kappa shape index (κ1) is 17.2. The Labute approximate surface area is 131 Å². The van der Waals surface area contributed by atoms with E-state index in [0.29, 0.717) is 12.1 Å². The van der Waals surface area contributed by atoms with E-state index in [9.17, 15) is 4.79 Å². The van der Waals surface area contributed by atoms with Crippen LogP contribution in [0.4, 0.5) is 0 Å². The molecule has 0 aliphatic rings. The van der Waals surface area contributed by atoms with Gasteiger partial charge in [-0.15, -0.1) is 6.58 Å². The molecule has 0 fully saturated rings. The fourth-order valence-electron chi connectivity index (χ4n) is 1.70. The van der Waals surface area contributed by atoms with Gasteiger partial charge in [-0.2, -0.15) is 0 Å². The van der Waals surface area contributed by atoms with Crippen molar-refractivity contribution in [3.8, 4) is 0 Å². The Bertz CT molecular complexity index is 535. The van der Waals surface area contributed by atoms with E-state index in [1.54, 1.807) is 18.3 Å². The zero-order valence-corrected chi connectivity index (χ0v) is 13.1. The molecule has 1 aromatic rings. The highest BCUT2D eigenvalue weighted by Crippen LogP contribution is 2.05.